The number of anilines is 1. The van der Waals surface area contributed by atoms with Gasteiger partial charge in [0.05, 0.1) is 12.7 Å². The lowest BCUT2D eigenvalue weighted by atomic mass is 10.0. The lowest BCUT2D eigenvalue weighted by molar-refractivity contribution is -0.144. The zero-order valence-electron chi connectivity index (χ0n) is 29.3. The Kier molecular flexibility index (Phi) is 12.9. The van der Waals surface area contributed by atoms with E-state index in [0.29, 0.717) is 38.2 Å². The SMILES string of the molecule is CCCCCc1ccc(CN(C(=O)/C=C/c2ccc(C(F)(F)F)cc2)[C@@H](Cc2ccccc2)C(=O)N2CCN(c3ccc(OC)cc3)CC2)cc1. The van der Waals surface area contributed by atoms with Crippen LogP contribution in [0.2, 0.25) is 0 Å². The predicted molar refractivity (Wildman–Crippen MR) is 196 cm³/mol. The standard InChI is InChI=1S/C42H46F3N3O3/c1-3-4-6-9-32-12-14-35(15-13-32)31-48(40(49)25-18-33-16-19-36(20-17-33)42(43,44)45)39(30-34-10-7-5-8-11-34)41(50)47-28-26-46(27-29-47)37-21-23-38(51-2)24-22-37/h5,7-8,10-25,39H,3-4,6,9,26-31H2,1-2H3/b25-18+/t39-/m0/s1. The molecule has 1 aliphatic heterocycles. The van der Waals surface area contributed by atoms with E-state index in [2.05, 4.69) is 24.0 Å². The highest BCUT2D eigenvalue weighted by Crippen LogP contribution is 2.29. The second kappa shape index (κ2) is 17.7. The Morgan fingerprint density at radius 3 is 2.06 bits per heavy atom. The zero-order chi connectivity index (χ0) is 36.2. The van der Waals surface area contributed by atoms with E-state index in [1.165, 1.54) is 29.8 Å². The van der Waals surface area contributed by atoms with Crippen LogP contribution in [-0.4, -0.2) is 60.9 Å². The van der Waals surface area contributed by atoms with Gasteiger partial charge in [-0.2, -0.15) is 13.2 Å². The lowest BCUT2D eigenvalue weighted by Crippen LogP contribution is -2.56. The van der Waals surface area contributed by atoms with Crippen molar-refractivity contribution >= 4 is 23.6 Å². The minimum Gasteiger partial charge on any atom is -0.497 e. The highest BCUT2D eigenvalue weighted by atomic mass is 19.4. The van der Waals surface area contributed by atoms with Gasteiger partial charge < -0.3 is 19.4 Å². The van der Waals surface area contributed by atoms with E-state index in [1.807, 2.05) is 71.6 Å². The summed E-state index contributed by atoms with van der Waals surface area (Å²) in [5.41, 5.74) is 3.77. The molecule has 9 heteroatoms. The molecule has 0 N–H and O–H groups in total. The quantitative estimate of drug-likeness (QED) is 0.0981. The zero-order valence-corrected chi connectivity index (χ0v) is 29.3. The largest absolute Gasteiger partial charge is 0.497 e. The molecule has 1 saturated heterocycles. The van der Waals surface area contributed by atoms with E-state index in [9.17, 15) is 22.8 Å². The van der Waals surface area contributed by atoms with Crippen molar-refractivity contribution in [3.63, 3.8) is 0 Å². The van der Waals surface area contributed by atoms with Crippen molar-refractivity contribution in [3.8, 4) is 5.75 Å². The Hall–Kier alpha value is -5.05. The minimum atomic E-state index is -4.45. The first kappa shape index (κ1) is 37.2. The van der Waals surface area contributed by atoms with Crippen molar-refractivity contribution in [1.82, 2.24) is 9.80 Å². The van der Waals surface area contributed by atoms with Crippen LogP contribution in [0.25, 0.3) is 6.08 Å². The number of nitrogens with zero attached hydrogens (tertiary/aromatic N) is 3. The van der Waals surface area contributed by atoms with Crippen LogP contribution < -0.4 is 9.64 Å². The molecule has 0 unspecified atom stereocenters. The summed E-state index contributed by atoms with van der Waals surface area (Å²) < 4.78 is 44.8. The Morgan fingerprint density at radius 2 is 1.45 bits per heavy atom. The molecule has 1 atom stereocenters. The number of ether oxygens (including phenoxy) is 1. The summed E-state index contributed by atoms with van der Waals surface area (Å²) >= 11 is 0. The summed E-state index contributed by atoms with van der Waals surface area (Å²) in [6.07, 6.45) is 3.10. The number of rotatable bonds is 14. The Balaban J connectivity index is 1.41. The van der Waals surface area contributed by atoms with Gasteiger partial charge in [-0.25, -0.2) is 0 Å². The summed E-state index contributed by atoms with van der Waals surface area (Å²) in [6, 6.07) is 29.5. The second-order valence-corrected chi connectivity index (χ2v) is 12.9. The third kappa shape index (κ3) is 10.5. The van der Waals surface area contributed by atoms with E-state index >= 15 is 0 Å². The number of hydrogen-bond donors (Lipinski definition) is 0. The molecular weight excluding hydrogens is 651 g/mol. The van der Waals surface area contributed by atoms with Gasteiger partial charge in [0.2, 0.25) is 11.8 Å². The van der Waals surface area contributed by atoms with Gasteiger partial charge in [0.15, 0.2) is 0 Å². The molecule has 1 aliphatic rings. The number of benzene rings is 4. The van der Waals surface area contributed by atoms with Crippen LogP contribution in [0.3, 0.4) is 0 Å². The Bertz CT molecular complexity index is 1720. The fraction of sp³-hybridized carbons (Fsp3) is 0.333. The highest BCUT2D eigenvalue weighted by molar-refractivity contribution is 5.96. The summed E-state index contributed by atoms with van der Waals surface area (Å²) in [4.78, 5) is 34.4. The number of alkyl halides is 3. The van der Waals surface area contributed by atoms with Gasteiger partial charge in [-0.15, -0.1) is 0 Å². The summed E-state index contributed by atoms with van der Waals surface area (Å²) in [6.45, 7) is 4.63. The topological polar surface area (TPSA) is 53.1 Å². The maximum Gasteiger partial charge on any atom is 0.416 e. The van der Waals surface area contributed by atoms with Gasteiger partial charge in [-0.1, -0.05) is 86.5 Å². The molecular formula is C42H46F3N3O3. The Morgan fingerprint density at radius 1 is 0.804 bits per heavy atom. The fourth-order valence-electron chi connectivity index (χ4n) is 6.33. The summed E-state index contributed by atoms with van der Waals surface area (Å²) in [7, 11) is 1.63. The molecule has 0 aromatic heterocycles. The predicted octanol–water partition coefficient (Wildman–Crippen LogP) is 8.45. The number of amides is 2. The number of halogens is 3. The van der Waals surface area contributed by atoms with Gasteiger partial charge in [0.25, 0.3) is 0 Å². The number of piperazine rings is 1. The van der Waals surface area contributed by atoms with Crippen LogP contribution in [-0.2, 0) is 35.2 Å². The summed E-state index contributed by atoms with van der Waals surface area (Å²) in [5.74, 6) is 0.244. The first-order chi connectivity index (χ1) is 24.6. The second-order valence-electron chi connectivity index (χ2n) is 12.9. The van der Waals surface area contributed by atoms with Crippen LogP contribution in [0.5, 0.6) is 5.75 Å². The van der Waals surface area contributed by atoms with Crippen molar-refractivity contribution < 1.29 is 27.5 Å². The maximum absolute atomic E-state index is 14.5. The van der Waals surface area contributed by atoms with Crippen molar-refractivity contribution in [2.24, 2.45) is 0 Å². The fourth-order valence-corrected chi connectivity index (χ4v) is 6.33. The third-order valence-electron chi connectivity index (χ3n) is 9.35. The molecule has 1 heterocycles. The lowest BCUT2D eigenvalue weighted by Gasteiger charge is -2.40. The Labute approximate surface area is 299 Å². The molecule has 0 bridgehead atoms. The number of methoxy groups -OCH3 is 1. The number of carbonyl (C=O) groups is 2. The molecule has 0 saturated carbocycles. The van der Waals surface area contributed by atoms with E-state index in [4.69, 9.17) is 4.74 Å². The minimum absolute atomic E-state index is 0.138. The first-order valence-corrected chi connectivity index (χ1v) is 17.6. The van der Waals surface area contributed by atoms with Gasteiger partial charge in [-0.3, -0.25) is 9.59 Å². The van der Waals surface area contributed by atoms with Gasteiger partial charge >= 0.3 is 6.18 Å². The van der Waals surface area contributed by atoms with Gasteiger partial charge in [-0.05, 0) is 77.6 Å². The van der Waals surface area contributed by atoms with Crippen molar-refractivity contribution in [1.29, 1.82) is 0 Å². The van der Waals surface area contributed by atoms with E-state index in [-0.39, 0.29) is 12.5 Å². The molecule has 0 spiro atoms. The van der Waals surface area contributed by atoms with E-state index < -0.39 is 23.7 Å². The van der Waals surface area contributed by atoms with E-state index in [1.54, 1.807) is 12.0 Å². The number of hydrogen-bond acceptors (Lipinski definition) is 4. The van der Waals surface area contributed by atoms with Crippen molar-refractivity contribution in [3.05, 3.63) is 137 Å². The monoisotopic (exact) mass is 697 g/mol. The maximum atomic E-state index is 14.5. The van der Waals surface area contributed by atoms with E-state index in [0.717, 1.165) is 60.4 Å². The normalized spacial score (nSPS) is 14.1. The molecule has 0 radical (unpaired) electrons. The van der Waals surface area contributed by atoms with Gasteiger partial charge in [0, 0.05) is 50.9 Å². The molecule has 5 rings (SSSR count). The van der Waals surface area contributed by atoms with Crippen LogP contribution in [0.15, 0.2) is 109 Å². The molecule has 268 valence electrons. The number of aryl methyl sites for hydroxylation is 1. The van der Waals surface area contributed by atoms with Crippen LogP contribution in [0.1, 0.15) is 54.0 Å². The molecule has 51 heavy (non-hydrogen) atoms. The molecule has 1 fully saturated rings. The molecule has 4 aromatic carbocycles. The highest BCUT2D eigenvalue weighted by Gasteiger charge is 2.34. The van der Waals surface area contributed by atoms with Crippen LogP contribution in [0.4, 0.5) is 18.9 Å². The molecule has 4 aromatic rings. The number of carbonyl (C=O) groups excluding carboxylic acids is 2. The first-order valence-electron chi connectivity index (χ1n) is 17.6. The van der Waals surface area contributed by atoms with Gasteiger partial charge in [0.1, 0.15) is 11.8 Å². The van der Waals surface area contributed by atoms with Crippen molar-refractivity contribution in [2.75, 3.05) is 38.2 Å². The number of unbranched alkanes of at least 4 members (excludes halogenated alkanes) is 2. The van der Waals surface area contributed by atoms with Crippen molar-refractivity contribution in [2.45, 2.75) is 57.8 Å². The molecule has 2 amide bonds. The third-order valence-corrected chi connectivity index (χ3v) is 9.35. The average molecular weight is 698 g/mol. The average Bonchev–Trinajstić information content (AvgIpc) is 3.16. The smallest absolute Gasteiger partial charge is 0.416 e. The van der Waals surface area contributed by atoms with Crippen LogP contribution >= 0.6 is 0 Å². The molecule has 0 aliphatic carbocycles. The van der Waals surface area contributed by atoms with Crippen LogP contribution in [0, 0.1) is 0 Å². The summed E-state index contributed by atoms with van der Waals surface area (Å²) in [5, 5.41) is 0. The molecule has 6 nitrogen and oxygen atoms in total.